The molecule has 3 rings (SSSR count). The molecule has 2 atom stereocenters. The highest BCUT2D eigenvalue weighted by molar-refractivity contribution is 5.29. The van der Waals surface area contributed by atoms with Crippen molar-refractivity contribution in [2.24, 2.45) is 0 Å². The molecule has 2 unspecified atom stereocenters. The Bertz CT molecular complexity index is 408. The van der Waals surface area contributed by atoms with Gasteiger partial charge in [0.1, 0.15) is 0 Å². The highest BCUT2D eigenvalue weighted by Gasteiger charge is 2.26. The lowest BCUT2D eigenvalue weighted by molar-refractivity contribution is 0.157. The molecular weight excluding hydrogens is 236 g/mol. The first-order valence-corrected chi connectivity index (χ1v) is 7.73. The zero-order valence-electron chi connectivity index (χ0n) is 12.2. The Balaban J connectivity index is 1.69. The van der Waals surface area contributed by atoms with Crippen molar-refractivity contribution in [1.29, 1.82) is 0 Å². The molecule has 1 aliphatic heterocycles. The molecule has 1 saturated carbocycles. The Kier molecular flexibility index (Phi) is 3.78. The average molecular weight is 262 g/mol. The average Bonchev–Trinajstić information content (AvgIpc) is 3.05. The van der Waals surface area contributed by atoms with Gasteiger partial charge in [-0.1, -0.05) is 12.8 Å². The van der Waals surface area contributed by atoms with Crippen LogP contribution in [0.3, 0.4) is 0 Å². The van der Waals surface area contributed by atoms with Gasteiger partial charge in [0.15, 0.2) is 0 Å². The maximum atomic E-state index is 4.54. The third kappa shape index (κ3) is 2.78. The molecule has 0 aromatic carbocycles. The molecule has 1 aliphatic carbocycles. The number of hydrogen-bond acceptors (Lipinski definition) is 3. The van der Waals surface area contributed by atoms with E-state index in [1.807, 2.05) is 6.20 Å². The van der Waals surface area contributed by atoms with E-state index in [0.29, 0.717) is 18.1 Å². The zero-order valence-corrected chi connectivity index (χ0v) is 12.2. The molecule has 1 aromatic heterocycles. The van der Waals surface area contributed by atoms with E-state index in [2.05, 4.69) is 39.9 Å². The van der Waals surface area contributed by atoms with Crippen molar-refractivity contribution in [1.82, 2.24) is 14.5 Å². The van der Waals surface area contributed by atoms with Gasteiger partial charge in [-0.2, -0.15) is 0 Å². The first kappa shape index (κ1) is 13.0. The number of nitrogens with zero attached hydrogens (tertiary/aromatic N) is 3. The van der Waals surface area contributed by atoms with Crippen LogP contribution in [0.1, 0.15) is 51.5 Å². The Morgan fingerprint density at radius 2 is 2.05 bits per heavy atom. The number of nitrogens with one attached hydrogen (secondary N) is 1. The largest absolute Gasteiger partial charge is 0.353 e. The van der Waals surface area contributed by atoms with Gasteiger partial charge in [-0.25, -0.2) is 4.98 Å². The van der Waals surface area contributed by atoms with Crippen molar-refractivity contribution in [2.45, 2.75) is 63.6 Å². The van der Waals surface area contributed by atoms with E-state index in [1.165, 1.54) is 45.1 Å². The van der Waals surface area contributed by atoms with Crippen LogP contribution in [0.5, 0.6) is 0 Å². The van der Waals surface area contributed by atoms with Crippen molar-refractivity contribution in [3.63, 3.8) is 0 Å². The van der Waals surface area contributed by atoms with Crippen molar-refractivity contribution >= 4 is 5.95 Å². The summed E-state index contributed by atoms with van der Waals surface area (Å²) in [5, 5.41) is 3.65. The molecule has 0 spiro atoms. The Labute approximate surface area is 116 Å². The number of likely N-dealkylation sites (tertiary alicyclic amines) is 1. The van der Waals surface area contributed by atoms with Crippen LogP contribution < -0.4 is 5.32 Å². The quantitative estimate of drug-likeness (QED) is 0.909. The van der Waals surface area contributed by atoms with Gasteiger partial charge in [0, 0.05) is 37.1 Å². The molecule has 4 heteroatoms. The molecule has 2 heterocycles. The van der Waals surface area contributed by atoms with E-state index < -0.39 is 0 Å². The third-order valence-corrected chi connectivity index (χ3v) is 4.93. The summed E-state index contributed by atoms with van der Waals surface area (Å²) in [6.07, 6.45) is 11.9. The highest BCUT2D eigenvalue weighted by Crippen LogP contribution is 2.29. The predicted molar refractivity (Wildman–Crippen MR) is 78.5 cm³/mol. The molecule has 1 N–H and O–H groups in total. The van der Waals surface area contributed by atoms with Gasteiger partial charge in [0.25, 0.3) is 0 Å². The summed E-state index contributed by atoms with van der Waals surface area (Å²) in [4.78, 5) is 6.99. The highest BCUT2D eigenvalue weighted by atomic mass is 15.2. The van der Waals surface area contributed by atoms with E-state index in [4.69, 9.17) is 0 Å². The summed E-state index contributed by atoms with van der Waals surface area (Å²) in [5.41, 5.74) is 0. The van der Waals surface area contributed by atoms with Crippen LogP contribution in [0.25, 0.3) is 0 Å². The first-order valence-electron chi connectivity index (χ1n) is 7.73. The Hall–Kier alpha value is -1.03. The smallest absolute Gasteiger partial charge is 0.203 e. The molecule has 0 amide bonds. The second-order valence-corrected chi connectivity index (χ2v) is 6.29. The molecule has 0 bridgehead atoms. The molecule has 1 aromatic rings. The van der Waals surface area contributed by atoms with Crippen LogP contribution in [0.2, 0.25) is 0 Å². The van der Waals surface area contributed by atoms with E-state index in [-0.39, 0.29) is 0 Å². The molecular formula is C15H26N4. The standard InChI is InChI=1S/C15H26N4/c1-12-11-14(7-9-18(12)2)19-10-8-16-15(19)17-13-5-3-4-6-13/h8,10,12-14H,3-7,9,11H2,1-2H3,(H,16,17). The number of hydrogen-bond donors (Lipinski definition) is 1. The molecule has 4 nitrogen and oxygen atoms in total. The van der Waals surface area contributed by atoms with Crippen LogP contribution in [-0.2, 0) is 0 Å². The van der Waals surface area contributed by atoms with Gasteiger partial charge in [0.2, 0.25) is 5.95 Å². The molecule has 19 heavy (non-hydrogen) atoms. The van der Waals surface area contributed by atoms with Gasteiger partial charge in [0.05, 0.1) is 0 Å². The van der Waals surface area contributed by atoms with Crippen LogP contribution >= 0.6 is 0 Å². The van der Waals surface area contributed by atoms with Gasteiger partial charge < -0.3 is 14.8 Å². The van der Waals surface area contributed by atoms with Gasteiger partial charge >= 0.3 is 0 Å². The van der Waals surface area contributed by atoms with Crippen molar-refractivity contribution in [3.05, 3.63) is 12.4 Å². The summed E-state index contributed by atoms with van der Waals surface area (Å²) in [6, 6.07) is 1.92. The van der Waals surface area contributed by atoms with E-state index in [9.17, 15) is 0 Å². The summed E-state index contributed by atoms with van der Waals surface area (Å²) < 4.78 is 2.38. The van der Waals surface area contributed by atoms with E-state index in [0.717, 1.165) is 5.95 Å². The van der Waals surface area contributed by atoms with Crippen molar-refractivity contribution < 1.29 is 0 Å². The van der Waals surface area contributed by atoms with Crippen molar-refractivity contribution in [3.8, 4) is 0 Å². The Morgan fingerprint density at radius 3 is 2.79 bits per heavy atom. The molecule has 106 valence electrons. The second-order valence-electron chi connectivity index (χ2n) is 6.29. The van der Waals surface area contributed by atoms with Crippen LogP contribution in [-0.4, -0.2) is 40.1 Å². The van der Waals surface area contributed by atoms with Gasteiger partial charge in [-0.15, -0.1) is 0 Å². The fraction of sp³-hybridized carbons (Fsp3) is 0.800. The van der Waals surface area contributed by atoms with E-state index in [1.54, 1.807) is 0 Å². The number of aromatic nitrogens is 2. The summed E-state index contributed by atoms with van der Waals surface area (Å²) in [6.45, 7) is 3.51. The first-order chi connectivity index (χ1) is 9.24. The number of anilines is 1. The molecule has 1 saturated heterocycles. The Morgan fingerprint density at radius 1 is 1.26 bits per heavy atom. The minimum Gasteiger partial charge on any atom is -0.353 e. The van der Waals surface area contributed by atoms with Crippen LogP contribution in [0.4, 0.5) is 5.95 Å². The predicted octanol–water partition coefficient (Wildman–Crippen LogP) is 2.89. The minimum atomic E-state index is 0.609. The molecule has 2 aliphatic rings. The second kappa shape index (κ2) is 5.53. The maximum absolute atomic E-state index is 4.54. The van der Waals surface area contributed by atoms with Gasteiger partial charge in [-0.3, -0.25) is 0 Å². The monoisotopic (exact) mass is 262 g/mol. The summed E-state index contributed by atoms with van der Waals surface area (Å²) in [7, 11) is 2.23. The normalized spacial score (nSPS) is 29.8. The number of imidazole rings is 1. The van der Waals surface area contributed by atoms with Gasteiger partial charge in [-0.05, 0) is 39.7 Å². The fourth-order valence-corrected chi connectivity index (χ4v) is 3.49. The van der Waals surface area contributed by atoms with Crippen molar-refractivity contribution in [2.75, 3.05) is 18.9 Å². The lowest BCUT2D eigenvalue weighted by atomic mass is 9.99. The number of rotatable bonds is 3. The lowest BCUT2D eigenvalue weighted by Gasteiger charge is -2.36. The minimum absolute atomic E-state index is 0.609. The van der Waals surface area contributed by atoms with E-state index >= 15 is 0 Å². The zero-order chi connectivity index (χ0) is 13.2. The third-order valence-electron chi connectivity index (χ3n) is 4.93. The topological polar surface area (TPSA) is 33.1 Å². The lowest BCUT2D eigenvalue weighted by Crippen LogP contribution is -2.38. The summed E-state index contributed by atoms with van der Waals surface area (Å²) in [5.74, 6) is 1.09. The van der Waals surface area contributed by atoms with Crippen LogP contribution in [0, 0.1) is 0 Å². The molecule has 0 radical (unpaired) electrons. The molecule has 2 fully saturated rings. The maximum Gasteiger partial charge on any atom is 0.203 e. The SMILES string of the molecule is CC1CC(n2ccnc2NC2CCCC2)CCN1C. The van der Waals surface area contributed by atoms with Crippen LogP contribution in [0.15, 0.2) is 12.4 Å². The summed E-state index contributed by atoms with van der Waals surface area (Å²) >= 11 is 0. The fourth-order valence-electron chi connectivity index (χ4n) is 3.49. The number of piperidine rings is 1.